The average Bonchev–Trinajstić information content (AvgIpc) is 3.30. The predicted octanol–water partition coefficient (Wildman–Crippen LogP) is 5.07. The van der Waals surface area contributed by atoms with Gasteiger partial charge in [-0.05, 0) is 54.5 Å². The highest BCUT2D eigenvalue weighted by Crippen LogP contribution is 2.40. The molecule has 1 saturated carbocycles. The third-order valence-electron chi connectivity index (χ3n) is 3.96. The van der Waals surface area contributed by atoms with Crippen molar-refractivity contribution < 1.29 is 0 Å². The first-order valence-corrected chi connectivity index (χ1v) is 7.68. The zero-order valence-electron chi connectivity index (χ0n) is 11.8. The Morgan fingerprint density at radius 2 is 1.95 bits per heavy atom. The van der Waals surface area contributed by atoms with Crippen LogP contribution < -0.4 is 5.32 Å². The van der Waals surface area contributed by atoms with E-state index in [-0.39, 0.29) is 0 Å². The van der Waals surface area contributed by atoms with Gasteiger partial charge < -0.3 is 5.32 Å². The quantitative estimate of drug-likeness (QED) is 0.809. The van der Waals surface area contributed by atoms with E-state index in [1.165, 1.54) is 29.5 Å². The number of nitrogens with one attached hydrogen (secondary N) is 1. The van der Waals surface area contributed by atoms with E-state index in [2.05, 4.69) is 42.6 Å². The molecule has 0 heterocycles. The summed E-state index contributed by atoms with van der Waals surface area (Å²) in [5.41, 5.74) is 4.10. The lowest BCUT2D eigenvalue weighted by atomic mass is 10.1. The molecule has 0 unspecified atom stereocenters. The van der Waals surface area contributed by atoms with Gasteiger partial charge in [0.2, 0.25) is 0 Å². The lowest BCUT2D eigenvalue weighted by molar-refractivity contribution is 0.574. The summed E-state index contributed by atoms with van der Waals surface area (Å²) in [7, 11) is 0. The molecule has 3 rings (SSSR count). The summed E-state index contributed by atoms with van der Waals surface area (Å²) in [6.07, 6.45) is 2.71. The normalized spacial score (nSPS) is 16.1. The van der Waals surface area contributed by atoms with Crippen LogP contribution >= 0.6 is 11.6 Å². The Morgan fingerprint density at radius 3 is 2.70 bits per heavy atom. The average molecular weight is 286 g/mol. The highest BCUT2D eigenvalue weighted by molar-refractivity contribution is 6.30. The van der Waals surface area contributed by atoms with Crippen molar-refractivity contribution in [1.29, 1.82) is 0 Å². The van der Waals surface area contributed by atoms with E-state index in [1.807, 2.05) is 18.2 Å². The summed E-state index contributed by atoms with van der Waals surface area (Å²) in [5.74, 6) is 0.820. The molecule has 0 spiro atoms. The van der Waals surface area contributed by atoms with Crippen LogP contribution in [0.25, 0.3) is 0 Å². The Labute approximate surface area is 126 Å². The van der Waals surface area contributed by atoms with Crippen LogP contribution in [0.2, 0.25) is 5.02 Å². The fourth-order valence-electron chi connectivity index (χ4n) is 2.54. The molecule has 2 aromatic rings. The molecule has 2 aromatic carbocycles. The van der Waals surface area contributed by atoms with E-state index in [1.54, 1.807) is 0 Å². The van der Waals surface area contributed by atoms with Gasteiger partial charge in [-0.3, -0.25) is 0 Å². The highest BCUT2D eigenvalue weighted by Gasteiger charge is 2.23. The van der Waals surface area contributed by atoms with Crippen LogP contribution in [0.15, 0.2) is 48.5 Å². The van der Waals surface area contributed by atoms with Crippen LogP contribution in [-0.2, 0) is 6.54 Å². The van der Waals surface area contributed by atoms with Crippen LogP contribution in [0.3, 0.4) is 0 Å². The maximum absolute atomic E-state index is 6.04. The highest BCUT2D eigenvalue weighted by atomic mass is 35.5. The van der Waals surface area contributed by atoms with Crippen LogP contribution in [0.1, 0.15) is 48.4 Å². The second-order valence-electron chi connectivity index (χ2n) is 5.68. The first kappa shape index (κ1) is 13.7. The zero-order chi connectivity index (χ0) is 13.9. The molecule has 0 amide bonds. The number of hydrogen-bond donors (Lipinski definition) is 1. The molecule has 1 atom stereocenters. The first-order valence-electron chi connectivity index (χ1n) is 7.30. The third kappa shape index (κ3) is 3.41. The smallest absolute Gasteiger partial charge is 0.0409 e. The summed E-state index contributed by atoms with van der Waals surface area (Å²) in [4.78, 5) is 0. The van der Waals surface area contributed by atoms with Crippen molar-refractivity contribution in [3.8, 4) is 0 Å². The van der Waals surface area contributed by atoms with Gasteiger partial charge >= 0.3 is 0 Å². The fraction of sp³-hybridized carbons (Fsp3) is 0.333. The Bertz CT molecular complexity index is 589. The molecule has 1 nitrogen and oxygen atoms in total. The lowest BCUT2D eigenvalue weighted by Crippen LogP contribution is -2.18. The molecular formula is C18H20ClN. The van der Waals surface area contributed by atoms with E-state index >= 15 is 0 Å². The molecule has 0 bridgehead atoms. The van der Waals surface area contributed by atoms with Crippen molar-refractivity contribution in [2.75, 3.05) is 0 Å². The van der Waals surface area contributed by atoms with Crippen LogP contribution in [0.5, 0.6) is 0 Å². The summed E-state index contributed by atoms with van der Waals surface area (Å²) < 4.78 is 0. The number of rotatable bonds is 5. The molecule has 1 aliphatic carbocycles. The maximum Gasteiger partial charge on any atom is 0.0409 e. The molecule has 104 valence electrons. The van der Waals surface area contributed by atoms with Gasteiger partial charge in [-0.2, -0.15) is 0 Å². The number of hydrogen-bond acceptors (Lipinski definition) is 1. The Morgan fingerprint density at radius 1 is 1.15 bits per heavy atom. The van der Waals surface area contributed by atoms with E-state index in [4.69, 9.17) is 11.6 Å². The third-order valence-corrected chi connectivity index (χ3v) is 4.20. The molecular weight excluding hydrogens is 266 g/mol. The lowest BCUT2D eigenvalue weighted by Gasteiger charge is -2.15. The first-order chi connectivity index (χ1) is 9.72. The second kappa shape index (κ2) is 5.99. The molecule has 1 N–H and O–H groups in total. The Balaban J connectivity index is 1.62. The van der Waals surface area contributed by atoms with Gasteiger partial charge in [0.05, 0.1) is 0 Å². The van der Waals surface area contributed by atoms with Gasteiger partial charge in [-0.15, -0.1) is 0 Å². The van der Waals surface area contributed by atoms with Crippen molar-refractivity contribution in [3.05, 3.63) is 70.2 Å². The molecule has 20 heavy (non-hydrogen) atoms. The molecule has 0 radical (unpaired) electrons. The van der Waals surface area contributed by atoms with Gasteiger partial charge in [-0.25, -0.2) is 0 Å². The van der Waals surface area contributed by atoms with Crippen molar-refractivity contribution in [3.63, 3.8) is 0 Å². The van der Waals surface area contributed by atoms with Crippen molar-refractivity contribution in [2.24, 2.45) is 0 Å². The van der Waals surface area contributed by atoms with E-state index < -0.39 is 0 Å². The SMILES string of the molecule is C[C@@H](NCc1cccc(C2CC2)c1)c1cccc(Cl)c1. The molecule has 1 aliphatic rings. The Hall–Kier alpha value is -1.31. The van der Waals surface area contributed by atoms with Crippen molar-refractivity contribution >= 4 is 11.6 Å². The standard InChI is InChI=1S/C18H20ClN/c1-13(16-5-3-7-18(19)11-16)20-12-14-4-2-6-17(10-14)15-8-9-15/h2-7,10-11,13,15,20H,8-9,12H2,1H3/t13-/m1/s1. The minimum absolute atomic E-state index is 0.304. The van der Waals surface area contributed by atoms with Gasteiger partial charge in [0.1, 0.15) is 0 Å². The number of halogens is 1. The number of benzene rings is 2. The van der Waals surface area contributed by atoms with Gasteiger partial charge in [0.25, 0.3) is 0 Å². The largest absolute Gasteiger partial charge is 0.306 e. The zero-order valence-corrected chi connectivity index (χ0v) is 12.5. The topological polar surface area (TPSA) is 12.0 Å². The second-order valence-corrected chi connectivity index (χ2v) is 6.11. The molecule has 0 saturated heterocycles. The fourth-order valence-corrected chi connectivity index (χ4v) is 2.74. The molecule has 0 aliphatic heterocycles. The summed E-state index contributed by atoms with van der Waals surface area (Å²) in [5, 5.41) is 4.37. The van der Waals surface area contributed by atoms with Gasteiger partial charge in [0.15, 0.2) is 0 Å². The summed E-state index contributed by atoms with van der Waals surface area (Å²) in [6.45, 7) is 3.07. The summed E-state index contributed by atoms with van der Waals surface area (Å²) in [6, 6.07) is 17.3. The minimum atomic E-state index is 0.304. The maximum atomic E-state index is 6.04. The van der Waals surface area contributed by atoms with E-state index in [0.717, 1.165) is 17.5 Å². The van der Waals surface area contributed by atoms with Crippen molar-refractivity contribution in [1.82, 2.24) is 5.32 Å². The van der Waals surface area contributed by atoms with Crippen LogP contribution in [0, 0.1) is 0 Å². The predicted molar refractivity (Wildman–Crippen MR) is 85.1 cm³/mol. The molecule has 0 aromatic heterocycles. The van der Waals surface area contributed by atoms with Crippen molar-refractivity contribution in [2.45, 2.75) is 38.3 Å². The van der Waals surface area contributed by atoms with Crippen LogP contribution in [0.4, 0.5) is 0 Å². The van der Waals surface area contributed by atoms with Crippen LogP contribution in [-0.4, -0.2) is 0 Å². The minimum Gasteiger partial charge on any atom is -0.306 e. The molecule has 1 fully saturated rings. The molecule has 2 heteroatoms. The van der Waals surface area contributed by atoms with Gasteiger partial charge in [-0.1, -0.05) is 48.0 Å². The summed E-state index contributed by atoms with van der Waals surface area (Å²) >= 11 is 6.04. The van der Waals surface area contributed by atoms with E-state index in [0.29, 0.717) is 6.04 Å². The van der Waals surface area contributed by atoms with E-state index in [9.17, 15) is 0 Å². The van der Waals surface area contributed by atoms with Gasteiger partial charge in [0, 0.05) is 17.6 Å². The monoisotopic (exact) mass is 285 g/mol. The Kier molecular flexibility index (Phi) is 4.09.